The number of piperazine rings is 1. The Morgan fingerprint density at radius 2 is 1.62 bits per heavy atom. The molecule has 1 saturated heterocycles. The number of urea groups is 1. The van der Waals surface area contributed by atoms with Crippen molar-refractivity contribution in [1.82, 2.24) is 15.1 Å². The molecule has 2 aromatic rings. The number of nitrogens with one attached hydrogen (secondary N) is 1. The minimum absolute atomic E-state index is 0.0134. The third-order valence-corrected chi connectivity index (χ3v) is 6.60. The lowest BCUT2D eigenvalue weighted by Gasteiger charge is -2.42. The van der Waals surface area contributed by atoms with E-state index >= 15 is 0 Å². The van der Waals surface area contributed by atoms with Crippen LogP contribution in [0.5, 0.6) is 0 Å². The number of halogens is 7. The molecular formula is C29H32F7N3O3. The molecule has 0 aliphatic carbocycles. The van der Waals surface area contributed by atoms with E-state index in [0.29, 0.717) is 23.3 Å². The Labute approximate surface area is 239 Å². The van der Waals surface area contributed by atoms with Crippen LogP contribution in [0.1, 0.15) is 67.1 Å². The Morgan fingerprint density at radius 3 is 2.12 bits per heavy atom. The van der Waals surface area contributed by atoms with Crippen LogP contribution in [0.4, 0.5) is 40.3 Å². The second-order valence-electron chi connectivity index (χ2n) is 11.0. The first-order valence-corrected chi connectivity index (χ1v) is 13.0. The predicted molar refractivity (Wildman–Crippen MR) is 141 cm³/mol. The zero-order chi connectivity index (χ0) is 31.6. The van der Waals surface area contributed by atoms with Gasteiger partial charge in [-0.2, -0.15) is 26.3 Å². The molecule has 0 saturated carbocycles. The van der Waals surface area contributed by atoms with Crippen LogP contribution in [0.15, 0.2) is 49.1 Å². The highest BCUT2D eigenvalue weighted by Gasteiger charge is 2.39. The molecule has 1 fully saturated rings. The van der Waals surface area contributed by atoms with Gasteiger partial charge in [-0.25, -0.2) is 14.0 Å². The van der Waals surface area contributed by atoms with Gasteiger partial charge in [0.05, 0.1) is 23.2 Å². The van der Waals surface area contributed by atoms with Crippen LogP contribution in [-0.2, 0) is 17.1 Å². The number of carbonyl (C=O) groups excluding carboxylic acids is 2. The molecule has 13 heteroatoms. The number of hydrogen-bond donors (Lipinski definition) is 1. The number of nitrogens with zero attached hydrogens (tertiary/aromatic N) is 2. The van der Waals surface area contributed by atoms with Crippen LogP contribution >= 0.6 is 0 Å². The van der Waals surface area contributed by atoms with Crippen molar-refractivity contribution >= 4 is 12.1 Å². The smallest absolute Gasteiger partial charge is 0.416 e. The first-order chi connectivity index (χ1) is 19.3. The minimum atomic E-state index is -5.07. The van der Waals surface area contributed by atoms with Gasteiger partial charge >= 0.3 is 24.5 Å². The van der Waals surface area contributed by atoms with Gasteiger partial charge in [0, 0.05) is 19.6 Å². The SMILES string of the molecule is C=CCC(NC(=O)N1CCN(C(=O)OC(C)(C)C)C[C@@H]1c1ccc(F)cc1C)c1cc(C(F)(F)F)cc(C(F)(F)F)c1. The van der Waals surface area contributed by atoms with Gasteiger partial charge in [0.15, 0.2) is 0 Å². The summed E-state index contributed by atoms with van der Waals surface area (Å²) in [5, 5.41) is 2.55. The van der Waals surface area contributed by atoms with Gasteiger partial charge < -0.3 is 19.9 Å². The Morgan fingerprint density at radius 1 is 1.02 bits per heavy atom. The summed E-state index contributed by atoms with van der Waals surface area (Å²) < 4.78 is 100. The third kappa shape index (κ3) is 8.16. The Hall–Kier alpha value is -3.77. The molecule has 3 amide bonds. The molecule has 1 heterocycles. The molecule has 1 unspecified atom stereocenters. The highest BCUT2D eigenvalue weighted by atomic mass is 19.4. The highest BCUT2D eigenvalue weighted by molar-refractivity contribution is 5.76. The lowest BCUT2D eigenvalue weighted by molar-refractivity contribution is -0.143. The summed E-state index contributed by atoms with van der Waals surface area (Å²) in [6.07, 6.45) is -9.69. The van der Waals surface area contributed by atoms with Gasteiger partial charge in [-0.1, -0.05) is 12.1 Å². The summed E-state index contributed by atoms with van der Waals surface area (Å²) in [5.41, 5.74) is -3.27. The van der Waals surface area contributed by atoms with Crippen LogP contribution in [0, 0.1) is 12.7 Å². The van der Waals surface area contributed by atoms with E-state index < -0.39 is 64.7 Å². The second-order valence-corrected chi connectivity index (χ2v) is 11.0. The maximum Gasteiger partial charge on any atom is 0.416 e. The van der Waals surface area contributed by atoms with Crippen molar-refractivity contribution < 1.29 is 45.1 Å². The number of alkyl halides is 6. The molecule has 2 aromatic carbocycles. The van der Waals surface area contributed by atoms with Gasteiger partial charge in [-0.3, -0.25) is 0 Å². The molecule has 1 aliphatic rings. The van der Waals surface area contributed by atoms with Crippen LogP contribution in [0.25, 0.3) is 0 Å². The lowest BCUT2D eigenvalue weighted by Crippen LogP contribution is -2.55. The van der Waals surface area contributed by atoms with E-state index in [0.717, 1.165) is 0 Å². The van der Waals surface area contributed by atoms with Crippen molar-refractivity contribution in [1.29, 1.82) is 0 Å². The minimum Gasteiger partial charge on any atom is -0.444 e. The van der Waals surface area contributed by atoms with Gasteiger partial charge in [0.1, 0.15) is 11.4 Å². The Balaban J connectivity index is 1.98. The second kappa shape index (κ2) is 12.2. The summed E-state index contributed by atoms with van der Waals surface area (Å²) in [5.74, 6) is -0.525. The fourth-order valence-electron chi connectivity index (χ4n) is 4.65. The number of aryl methyl sites for hydroxylation is 1. The van der Waals surface area contributed by atoms with Gasteiger partial charge in [0.25, 0.3) is 0 Å². The van der Waals surface area contributed by atoms with Crippen molar-refractivity contribution in [3.05, 3.63) is 82.7 Å². The van der Waals surface area contributed by atoms with Crippen LogP contribution in [0.3, 0.4) is 0 Å². The number of hydrogen-bond acceptors (Lipinski definition) is 3. The quantitative estimate of drug-likeness (QED) is 0.280. The predicted octanol–water partition coefficient (Wildman–Crippen LogP) is 7.79. The molecule has 1 aliphatic heterocycles. The topological polar surface area (TPSA) is 61.9 Å². The molecule has 6 nitrogen and oxygen atoms in total. The van der Waals surface area contributed by atoms with E-state index in [9.17, 15) is 40.3 Å². The standard InChI is InChI=1S/C29H32F7N3O3/c1-6-7-23(18-13-19(28(31,32)33)15-20(14-18)29(34,35)36)37-25(40)39-11-10-38(26(41)42-27(3,4)5)16-24(39)22-9-8-21(30)12-17(22)2/h6,8-9,12-15,23-24H,1,7,10-11,16H2,2-5H3,(H,37,40)/t23?,24-/m1/s1. The maximum atomic E-state index is 13.9. The molecule has 1 N–H and O–H groups in total. The number of ether oxygens (including phenoxy) is 1. The number of rotatable bonds is 5. The summed E-state index contributed by atoms with van der Waals surface area (Å²) in [4.78, 5) is 29.1. The van der Waals surface area contributed by atoms with Crippen LogP contribution < -0.4 is 5.32 Å². The van der Waals surface area contributed by atoms with Crippen molar-refractivity contribution in [3.63, 3.8) is 0 Å². The monoisotopic (exact) mass is 603 g/mol. The Kier molecular flexibility index (Phi) is 9.53. The first kappa shape index (κ1) is 32.7. The lowest BCUT2D eigenvalue weighted by atomic mass is 9.96. The summed E-state index contributed by atoms with van der Waals surface area (Å²) in [6.45, 7) is 10.1. The van der Waals surface area contributed by atoms with E-state index in [4.69, 9.17) is 4.74 Å². The Bertz CT molecular complexity index is 1290. The number of carbonyl (C=O) groups is 2. The largest absolute Gasteiger partial charge is 0.444 e. The molecule has 0 aromatic heterocycles. The maximum absolute atomic E-state index is 13.9. The summed E-state index contributed by atoms with van der Waals surface area (Å²) in [6, 6.07) is 2.10. The van der Waals surface area contributed by atoms with Crippen LogP contribution in [-0.4, -0.2) is 47.2 Å². The first-order valence-electron chi connectivity index (χ1n) is 13.0. The molecular weight excluding hydrogens is 571 g/mol. The average Bonchev–Trinajstić information content (AvgIpc) is 2.85. The van der Waals surface area contributed by atoms with Gasteiger partial charge in [-0.05, 0) is 81.1 Å². The molecule has 0 radical (unpaired) electrons. The molecule has 2 atom stereocenters. The molecule has 42 heavy (non-hydrogen) atoms. The number of amides is 3. The fraction of sp³-hybridized carbons (Fsp3) is 0.448. The summed E-state index contributed by atoms with van der Waals surface area (Å²) >= 11 is 0. The molecule has 230 valence electrons. The zero-order valence-electron chi connectivity index (χ0n) is 23.5. The van der Waals surface area contributed by atoms with Crippen molar-refractivity contribution in [2.75, 3.05) is 19.6 Å². The number of benzene rings is 2. The van der Waals surface area contributed by atoms with E-state index in [1.54, 1.807) is 27.7 Å². The average molecular weight is 604 g/mol. The summed E-state index contributed by atoms with van der Waals surface area (Å²) in [7, 11) is 0. The highest BCUT2D eigenvalue weighted by Crippen LogP contribution is 2.38. The van der Waals surface area contributed by atoms with Crippen molar-refractivity contribution in [3.8, 4) is 0 Å². The van der Waals surface area contributed by atoms with Crippen molar-refractivity contribution in [2.24, 2.45) is 0 Å². The van der Waals surface area contributed by atoms with E-state index in [2.05, 4.69) is 11.9 Å². The van der Waals surface area contributed by atoms with E-state index in [1.807, 2.05) is 0 Å². The van der Waals surface area contributed by atoms with Gasteiger partial charge in [-0.15, -0.1) is 6.58 Å². The zero-order valence-corrected chi connectivity index (χ0v) is 23.5. The molecule has 0 spiro atoms. The van der Waals surface area contributed by atoms with E-state index in [1.165, 1.54) is 34.1 Å². The molecule has 0 bridgehead atoms. The fourth-order valence-corrected chi connectivity index (χ4v) is 4.65. The third-order valence-electron chi connectivity index (χ3n) is 6.60. The normalized spacial score (nSPS) is 17.1. The van der Waals surface area contributed by atoms with Crippen molar-refractivity contribution in [2.45, 2.75) is 64.2 Å². The van der Waals surface area contributed by atoms with Crippen LogP contribution in [0.2, 0.25) is 0 Å². The van der Waals surface area contributed by atoms with E-state index in [-0.39, 0.29) is 32.1 Å². The van der Waals surface area contributed by atoms with Gasteiger partial charge in [0.2, 0.25) is 0 Å². The molecule has 3 rings (SSSR count).